The van der Waals surface area contributed by atoms with Gasteiger partial charge in [-0.05, 0) is 62.8 Å². The van der Waals surface area contributed by atoms with E-state index in [1.165, 1.54) is 16.6 Å². The van der Waals surface area contributed by atoms with Crippen molar-refractivity contribution in [2.24, 2.45) is 5.92 Å². The minimum Gasteiger partial charge on any atom is -0.365 e. The number of nitrogens with one attached hydrogen (secondary N) is 1. The highest BCUT2D eigenvalue weighted by molar-refractivity contribution is 7.22. The third-order valence-electron chi connectivity index (χ3n) is 6.84. The first-order valence-corrected chi connectivity index (χ1v) is 12.5. The number of fused-ring (bicyclic) bond motifs is 3. The second kappa shape index (κ2) is 7.91. The summed E-state index contributed by atoms with van der Waals surface area (Å²) in [5.41, 5.74) is 3.21. The lowest BCUT2D eigenvalue weighted by atomic mass is 9.96. The molecule has 172 valence electrons. The van der Waals surface area contributed by atoms with E-state index < -0.39 is 5.79 Å². The standard InChI is InChI=1S/C24H26ClN5O2S/c1-24(2)31-19-14(6-4-13-5-7-18-16(10-13)29-23(26-3)33-18)11-17(20(19)32-24)30-9-8-15-21(25)27-12-28-22(15)30/h5,7-10,12,14,17,19-20H,4,6,11H2,1-3H3,(H,26,29)/t14-,17+,19+,20-/m0/s1. The molecule has 2 aliphatic rings. The maximum atomic E-state index is 6.41. The molecule has 1 saturated heterocycles. The largest absolute Gasteiger partial charge is 0.365 e. The minimum atomic E-state index is -0.592. The van der Waals surface area contributed by atoms with E-state index in [1.54, 1.807) is 11.3 Å². The first kappa shape index (κ1) is 21.3. The van der Waals surface area contributed by atoms with Gasteiger partial charge in [0.05, 0.1) is 27.7 Å². The van der Waals surface area contributed by atoms with Gasteiger partial charge in [0.1, 0.15) is 23.2 Å². The predicted molar refractivity (Wildman–Crippen MR) is 131 cm³/mol. The fourth-order valence-corrected chi connectivity index (χ4v) is 6.40. The number of thiazole rings is 1. The monoisotopic (exact) mass is 483 g/mol. The number of aromatic nitrogens is 4. The van der Waals surface area contributed by atoms with Crippen LogP contribution in [0.5, 0.6) is 0 Å². The van der Waals surface area contributed by atoms with Crippen molar-refractivity contribution in [1.29, 1.82) is 0 Å². The van der Waals surface area contributed by atoms with Gasteiger partial charge in [-0.25, -0.2) is 15.0 Å². The molecule has 7 nitrogen and oxygen atoms in total. The zero-order valence-corrected chi connectivity index (χ0v) is 20.4. The zero-order valence-electron chi connectivity index (χ0n) is 18.8. The quantitative estimate of drug-likeness (QED) is 0.380. The Morgan fingerprint density at radius 1 is 1.21 bits per heavy atom. The van der Waals surface area contributed by atoms with E-state index >= 15 is 0 Å². The molecule has 4 atom stereocenters. The van der Waals surface area contributed by atoms with Gasteiger partial charge in [0.2, 0.25) is 0 Å². The van der Waals surface area contributed by atoms with Crippen molar-refractivity contribution in [2.75, 3.05) is 12.4 Å². The van der Waals surface area contributed by atoms with Crippen molar-refractivity contribution < 1.29 is 9.47 Å². The normalized spacial score (nSPS) is 26.3. The van der Waals surface area contributed by atoms with Crippen molar-refractivity contribution in [3.05, 3.63) is 47.5 Å². The van der Waals surface area contributed by atoms with Crippen molar-refractivity contribution >= 4 is 49.3 Å². The molecular weight excluding hydrogens is 458 g/mol. The minimum absolute atomic E-state index is 0.0199. The van der Waals surface area contributed by atoms with Crippen LogP contribution in [0.1, 0.15) is 38.3 Å². The molecule has 1 aliphatic carbocycles. The molecule has 1 N–H and O–H groups in total. The Bertz CT molecular complexity index is 1340. The maximum Gasteiger partial charge on any atom is 0.183 e. The van der Waals surface area contributed by atoms with Gasteiger partial charge in [-0.3, -0.25) is 0 Å². The van der Waals surface area contributed by atoms with Crippen LogP contribution in [-0.4, -0.2) is 44.6 Å². The van der Waals surface area contributed by atoms with E-state index in [2.05, 4.69) is 49.2 Å². The van der Waals surface area contributed by atoms with Crippen molar-refractivity contribution in [3.8, 4) is 0 Å². The number of aryl methyl sites for hydroxylation is 1. The predicted octanol–water partition coefficient (Wildman–Crippen LogP) is 5.45. The zero-order chi connectivity index (χ0) is 22.7. The molecule has 0 spiro atoms. The Hall–Kier alpha value is -2.26. The first-order valence-electron chi connectivity index (χ1n) is 11.3. The number of rotatable bonds is 5. The van der Waals surface area contributed by atoms with Crippen LogP contribution in [0.15, 0.2) is 36.8 Å². The fourth-order valence-electron chi connectivity index (χ4n) is 5.41. The SMILES string of the molecule is CNc1nc2cc(CC[C@H]3C[C@@H](n4ccc5c(Cl)ncnc54)[C@@H]4OC(C)(C)O[C@H]34)ccc2s1. The highest BCUT2D eigenvalue weighted by Gasteiger charge is 2.54. The molecule has 1 aromatic carbocycles. The van der Waals surface area contributed by atoms with Crippen molar-refractivity contribution in [2.45, 2.75) is 57.1 Å². The molecule has 4 heterocycles. The van der Waals surface area contributed by atoms with E-state index in [4.69, 9.17) is 21.1 Å². The van der Waals surface area contributed by atoms with E-state index in [0.29, 0.717) is 11.1 Å². The first-order chi connectivity index (χ1) is 15.9. The Morgan fingerprint density at radius 3 is 2.91 bits per heavy atom. The topological polar surface area (TPSA) is 74.1 Å². The molecule has 33 heavy (non-hydrogen) atoms. The summed E-state index contributed by atoms with van der Waals surface area (Å²) in [6.45, 7) is 4.00. The third-order valence-corrected chi connectivity index (χ3v) is 8.19. The molecule has 9 heteroatoms. The molecule has 6 rings (SSSR count). The molecular formula is C24H26ClN5O2S. The summed E-state index contributed by atoms with van der Waals surface area (Å²) in [5.74, 6) is -0.208. The van der Waals surface area contributed by atoms with E-state index in [0.717, 1.165) is 40.9 Å². The summed E-state index contributed by atoms with van der Waals surface area (Å²) in [6, 6.07) is 8.74. The molecule has 0 amide bonds. The van der Waals surface area contributed by atoms with Gasteiger partial charge < -0.3 is 19.4 Å². The molecule has 1 saturated carbocycles. The molecule has 4 aromatic rings. The summed E-state index contributed by atoms with van der Waals surface area (Å²) in [4.78, 5) is 13.3. The second-order valence-corrected chi connectivity index (χ2v) is 10.8. The Labute approximate surface area is 201 Å². The van der Waals surface area contributed by atoms with E-state index in [9.17, 15) is 0 Å². The Balaban J connectivity index is 1.26. The smallest absolute Gasteiger partial charge is 0.183 e. The molecule has 0 bridgehead atoms. The van der Waals surface area contributed by atoms with Crippen LogP contribution in [0.2, 0.25) is 5.15 Å². The van der Waals surface area contributed by atoms with Crippen LogP contribution >= 0.6 is 22.9 Å². The van der Waals surface area contributed by atoms with Gasteiger partial charge in [0, 0.05) is 13.2 Å². The van der Waals surface area contributed by atoms with Crippen LogP contribution in [0.25, 0.3) is 21.3 Å². The van der Waals surface area contributed by atoms with Crippen molar-refractivity contribution in [1.82, 2.24) is 19.5 Å². The highest BCUT2D eigenvalue weighted by Crippen LogP contribution is 2.49. The molecule has 2 fully saturated rings. The van der Waals surface area contributed by atoms with Crippen LogP contribution in [0.4, 0.5) is 5.13 Å². The van der Waals surface area contributed by atoms with Crippen molar-refractivity contribution in [3.63, 3.8) is 0 Å². The lowest BCUT2D eigenvalue weighted by Crippen LogP contribution is -2.27. The van der Waals surface area contributed by atoms with Gasteiger partial charge in [0.25, 0.3) is 0 Å². The molecule has 1 aliphatic heterocycles. The number of nitrogens with zero attached hydrogens (tertiary/aromatic N) is 4. The second-order valence-electron chi connectivity index (χ2n) is 9.36. The number of hydrogen-bond acceptors (Lipinski definition) is 7. The average Bonchev–Trinajstić information content (AvgIpc) is 3.53. The summed E-state index contributed by atoms with van der Waals surface area (Å²) in [5, 5.41) is 5.44. The lowest BCUT2D eigenvalue weighted by molar-refractivity contribution is -0.160. The van der Waals surface area contributed by atoms with Crippen LogP contribution in [-0.2, 0) is 15.9 Å². The van der Waals surface area contributed by atoms with Gasteiger partial charge >= 0.3 is 0 Å². The summed E-state index contributed by atoms with van der Waals surface area (Å²) < 4.78 is 16.2. The number of benzene rings is 1. The fraction of sp³-hybridized carbons (Fsp3) is 0.458. The Morgan fingerprint density at radius 2 is 2.06 bits per heavy atom. The molecule has 3 aromatic heterocycles. The highest BCUT2D eigenvalue weighted by atomic mass is 35.5. The summed E-state index contributed by atoms with van der Waals surface area (Å²) in [6.07, 6.45) is 6.59. The maximum absolute atomic E-state index is 6.41. The average molecular weight is 484 g/mol. The van der Waals surface area contributed by atoms with Crippen LogP contribution in [0.3, 0.4) is 0 Å². The van der Waals surface area contributed by atoms with E-state index in [-0.39, 0.29) is 18.2 Å². The van der Waals surface area contributed by atoms with Gasteiger partial charge in [-0.2, -0.15) is 0 Å². The Kier molecular flexibility index (Phi) is 5.10. The number of anilines is 1. The van der Waals surface area contributed by atoms with Gasteiger partial charge in [-0.15, -0.1) is 0 Å². The molecule has 0 radical (unpaired) electrons. The van der Waals surface area contributed by atoms with Gasteiger partial charge in [-0.1, -0.05) is 29.0 Å². The van der Waals surface area contributed by atoms with Crippen LogP contribution in [0, 0.1) is 5.92 Å². The lowest BCUT2D eigenvalue weighted by Gasteiger charge is -2.24. The number of halogens is 1. The number of hydrogen-bond donors (Lipinski definition) is 1. The number of ether oxygens (including phenoxy) is 2. The van der Waals surface area contributed by atoms with Gasteiger partial charge in [0.15, 0.2) is 10.9 Å². The van der Waals surface area contributed by atoms with Crippen LogP contribution < -0.4 is 5.32 Å². The van der Waals surface area contributed by atoms with E-state index in [1.807, 2.05) is 27.0 Å². The summed E-state index contributed by atoms with van der Waals surface area (Å²) in [7, 11) is 1.91. The molecule has 0 unspecified atom stereocenters. The third kappa shape index (κ3) is 3.69. The summed E-state index contributed by atoms with van der Waals surface area (Å²) >= 11 is 7.98.